The molecule has 2 aromatic heterocycles. The van der Waals surface area contributed by atoms with Gasteiger partial charge in [0.05, 0.1) is 15.9 Å². The number of nitrogens with zero attached hydrogens (tertiary/aromatic N) is 2. The highest BCUT2D eigenvalue weighted by Crippen LogP contribution is 2.32. The van der Waals surface area contributed by atoms with Gasteiger partial charge >= 0.3 is 0 Å². The van der Waals surface area contributed by atoms with Crippen LogP contribution in [0.15, 0.2) is 60.0 Å². The molecule has 0 bridgehead atoms. The second kappa shape index (κ2) is 6.37. The van der Waals surface area contributed by atoms with Gasteiger partial charge in [0.2, 0.25) is 0 Å². The number of hydrogen-bond acceptors (Lipinski definition) is 5. The van der Waals surface area contributed by atoms with Gasteiger partial charge in [0.1, 0.15) is 12.6 Å². The lowest BCUT2D eigenvalue weighted by atomic mass is 10.1. The Morgan fingerprint density at radius 2 is 1.32 bits per heavy atom. The van der Waals surface area contributed by atoms with Gasteiger partial charge in [-0.3, -0.25) is 9.59 Å². The van der Waals surface area contributed by atoms with E-state index in [4.69, 9.17) is 4.98 Å². The molecule has 0 N–H and O–H groups in total. The lowest BCUT2D eigenvalue weighted by molar-refractivity contribution is 0.111. The van der Waals surface area contributed by atoms with Gasteiger partial charge in [0.25, 0.3) is 0 Å². The lowest BCUT2D eigenvalue weighted by Gasteiger charge is -2.07. The van der Waals surface area contributed by atoms with E-state index in [2.05, 4.69) is 4.98 Å². The molecule has 0 aliphatic carbocycles. The van der Waals surface area contributed by atoms with Crippen LogP contribution in [0.4, 0.5) is 0 Å². The van der Waals surface area contributed by atoms with E-state index in [0.29, 0.717) is 17.0 Å². The minimum Gasteiger partial charge on any atom is -0.298 e. The molecular formula is C20H12N2O2S. The Hall–Kier alpha value is -3.18. The van der Waals surface area contributed by atoms with E-state index in [0.717, 1.165) is 39.6 Å². The highest BCUT2D eigenvalue weighted by atomic mass is 32.1. The number of rotatable bonds is 4. The van der Waals surface area contributed by atoms with E-state index < -0.39 is 0 Å². The SMILES string of the molecule is O=Cc1ccc(-c2nc(-c3ccc(C=O)cc3)c3sccc3n2)cc1. The summed E-state index contributed by atoms with van der Waals surface area (Å²) in [4.78, 5) is 31.1. The Kier molecular flexibility index (Phi) is 3.91. The van der Waals surface area contributed by atoms with Crippen LogP contribution in [-0.2, 0) is 0 Å². The minimum absolute atomic E-state index is 0.609. The fourth-order valence-corrected chi connectivity index (χ4v) is 3.46. The van der Waals surface area contributed by atoms with E-state index in [1.165, 1.54) is 0 Å². The molecule has 0 saturated carbocycles. The second-order valence-corrected chi connectivity index (χ2v) is 6.43. The summed E-state index contributed by atoms with van der Waals surface area (Å²) in [6.45, 7) is 0. The van der Waals surface area contributed by atoms with Crippen molar-refractivity contribution in [2.24, 2.45) is 0 Å². The van der Waals surface area contributed by atoms with Crippen LogP contribution in [0.25, 0.3) is 32.9 Å². The molecule has 0 fully saturated rings. The predicted molar refractivity (Wildman–Crippen MR) is 99.1 cm³/mol. The third kappa shape index (κ3) is 2.86. The first-order valence-corrected chi connectivity index (χ1v) is 8.53. The highest BCUT2D eigenvalue weighted by Gasteiger charge is 2.12. The van der Waals surface area contributed by atoms with Crippen molar-refractivity contribution < 1.29 is 9.59 Å². The summed E-state index contributed by atoms with van der Waals surface area (Å²) in [7, 11) is 0. The fourth-order valence-electron chi connectivity index (χ4n) is 2.62. The first-order valence-electron chi connectivity index (χ1n) is 7.65. The molecule has 5 heteroatoms. The molecule has 2 heterocycles. The molecule has 0 radical (unpaired) electrons. The molecule has 120 valence electrons. The van der Waals surface area contributed by atoms with Crippen LogP contribution in [0, 0.1) is 0 Å². The Morgan fingerprint density at radius 1 is 0.720 bits per heavy atom. The standard InChI is InChI=1S/C20H12N2O2S/c23-11-13-1-5-15(6-2-13)18-19-17(9-10-25-19)21-20(22-18)16-7-3-14(12-24)4-8-16/h1-12H. The average Bonchev–Trinajstić information content (AvgIpc) is 3.16. The molecule has 4 nitrogen and oxygen atoms in total. The Labute approximate surface area is 147 Å². The van der Waals surface area contributed by atoms with E-state index in [9.17, 15) is 9.59 Å². The normalized spacial score (nSPS) is 10.7. The monoisotopic (exact) mass is 344 g/mol. The summed E-state index contributed by atoms with van der Waals surface area (Å²) in [5.74, 6) is 0.609. The second-order valence-electron chi connectivity index (χ2n) is 5.51. The van der Waals surface area contributed by atoms with Crippen LogP contribution in [0.2, 0.25) is 0 Å². The molecule has 0 aliphatic rings. The highest BCUT2D eigenvalue weighted by molar-refractivity contribution is 7.17. The van der Waals surface area contributed by atoms with Gasteiger partial charge in [0.15, 0.2) is 5.82 Å². The zero-order valence-electron chi connectivity index (χ0n) is 13.0. The van der Waals surface area contributed by atoms with Crippen molar-refractivity contribution in [3.05, 3.63) is 71.1 Å². The quantitative estimate of drug-likeness (QED) is 0.506. The topological polar surface area (TPSA) is 59.9 Å². The van der Waals surface area contributed by atoms with Gasteiger partial charge in [0, 0.05) is 22.3 Å². The maximum Gasteiger partial charge on any atom is 0.160 e. The van der Waals surface area contributed by atoms with Crippen molar-refractivity contribution in [3.8, 4) is 22.6 Å². The van der Waals surface area contributed by atoms with Crippen LogP contribution >= 0.6 is 11.3 Å². The maximum atomic E-state index is 10.9. The summed E-state index contributed by atoms with van der Waals surface area (Å²) >= 11 is 1.59. The van der Waals surface area contributed by atoms with Crippen molar-refractivity contribution in [3.63, 3.8) is 0 Å². The van der Waals surface area contributed by atoms with Crippen LogP contribution in [0.5, 0.6) is 0 Å². The molecule has 0 aliphatic heterocycles. The predicted octanol–water partition coefficient (Wildman–Crippen LogP) is 4.65. The Bertz CT molecular complexity index is 1070. The Morgan fingerprint density at radius 3 is 1.92 bits per heavy atom. The van der Waals surface area contributed by atoms with Crippen LogP contribution in [0.1, 0.15) is 20.7 Å². The minimum atomic E-state index is 0.609. The number of carbonyl (C=O) groups is 2. The number of fused-ring (bicyclic) bond motifs is 1. The van der Waals surface area contributed by atoms with Crippen LogP contribution < -0.4 is 0 Å². The smallest absolute Gasteiger partial charge is 0.160 e. The van der Waals surface area contributed by atoms with E-state index in [1.807, 2.05) is 35.7 Å². The van der Waals surface area contributed by atoms with Gasteiger partial charge in [-0.1, -0.05) is 48.5 Å². The van der Waals surface area contributed by atoms with Gasteiger partial charge in [-0.05, 0) is 11.4 Å². The first-order chi connectivity index (χ1) is 12.3. The summed E-state index contributed by atoms with van der Waals surface area (Å²) < 4.78 is 1.01. The number of hydrogen-bond donors (Lipinski definition) is 0. The van der Waals surface area contributed by atoms with Crippen molar-refractivity contribution >= 4 is 34.1 Å². The molecule has 0 unspecified atom stereocenters. The van der Waals surface area contributed by atoms with E-state index in [1.54, 1.807) is 35.6 Å². The van der Waals surface area contributed by atoms with Gasteiger partial charge < -0.3 is 0 Å². The third-order valence-electron chi connectivity index (χ3n) is 3.93. The molecule has 0 amide bonds. The summed E-state index contributed by atoms with van der Waals surface area (Å²) in [5.41, 5.74) is 4.75. The van der Waals surface area contributed by atoms with Crippen LogP contribution in [0.3, 0.4) is 0 Å². The van der Waals surface area contributed by atoms with Crippen LogP contribution in [-0.4, -0.2) is 22.5 Å². The molecule has 2 aromatic carbocycles. The van der Waals surface area contributed by atoms with Gasteiger partial charge in [-0.25, -0.2) is 9.97 Å². The van der Waals surface area contributed by atoms with Crippen molar-refractivity contribution in [1.82, 2.24) is 9.97 Å². The molecule has 4 aromatic rings. The number of carbonyl (C=O) groups excluding carboxylic acids is 2. The number of thiophene rings is 1. The van der Waals surface area contributed by atoms with E-state index >= 15 is 0 Å². The third-order valence-corrected chi connectivity index (χ3v) is 4.84. The molecule has 0 spiro atoms. The molecule has 0 saturated heterocycles. The van der Waals surface area contributed by atoms with E-state index in [-0.39, 0.29) is 0 Å². The number of aldehydes is 2. The fraction of sp³-hybridized carbons (Fsp3) is 0. The van der Waals surface area contributed by atoms with Gasteiger partial charge in [-0.2, -0.15) is 0 Å². The zero-order valence-corrected chi connectivity index (χ0v) is 13.9. The molecule has 4 rings (SSSR count). The number of aromatic nitrogens is 2. The number of benzene rings is 2. The van der Waals surface area contributed by atoms with Crippen molar-refractivity contribution in [2.75, 3.05) is 0 Å². The average molecular weight is 344 g/mol. The molecule has 0 atom stereocenters. The first kappa shape index (κ1) is 15.4. The van der Waals surface area contributed by atoms with Crippen molar-refractivity contribution in [2.45, 2.75) is 0 Å². The largest absolute Gasteiger partial charge is 0.298 e. The zero-order chi connectivity index (χ0) is 17.2. The molecular weight excluding hydrogens is 332 g/mol. The summed E-state index contributed by atoms with van der Waals surface area (Å²) in [6.07, 6.45) is 1.64. The summed E-state index contributed by atoms with van der Waals surface area (Å²) in [6, 6.07) is 16.5. The Balaban J connectivity index is 1.88. The van der Waals surface area contributed by atoms with Crippen molar-refractivity contribution in [1.29, 1.82) is 0 Å². The molecule has 25 heavy (non-hydrogen) atoms. The summed E-state index contributed by atoms with van der Waals surface area (Å²) in [5, 5.41) is 1.99. The maximum absolute atomic E-state index is 10.9. The van der Waals surface area contributed by atoms with Gasteiger partial charge in [-0.15, -0.1) is 11.3 Å². The lowest BCUT2D eigenvalue weighted by Crippen LogP contribution is -1.94.